The maximum atomic E-state index is 4.90. The maximum absolute atomic E-state index is 4.90. The lowest BCUT2D eigenvalue weighted by atomic mass is 10.2. The van der Waals surface area contributed by atoms with Gasteiger partial charge in [0.05, 0.1) is 6.04 Å². The predicted octanol–water partition coefficient (Wildman–Crippen LogP) is 3.38. The Bertz CT molecular complexity index is 1110. The molecule has 0 radical (unpaired) electrons. The summed E-state index contributed by atoms with van der Waals surface area (Å²) in [4.78, 5) is 2.33. The van der Waals surface area contributed by atoms with Crippen molar-refractivity contribution in [3.05, 3.63) is 54.6 Å². The van der Waals surface area contributed by atoms with E-state index in [0.717, 1.165) is 54.6 Å². The van der Waals surface area contributed by atoms with Gasteiger partial charge in [-0.3, -0.25) is 0 Å². The molecule has 0 spiro atoms. The van der Waals surface area contributed by atoms with E-state index in [1.165, 1.54) is 0 Å². The Morgan fingerprint density at radius 1 is 1.03 bits per heavy atom. The highest BCUT2D eigenvalue weighted by Crippen LogP contribution is 2.34. The molecular weight excluding hydrogens is 364 g/mol. The van der Waals surface area contributed by atoms with Crippen LogP contribution in [-0.2, 0) is 6.54 Å². The van der Waals surface area contributed by atoms with E-state index in [2.05, 4.69) is 43.7 Å². The van der Waals surface area contributed by atoms with Crippen molar-refractivity contribution in [3.63, 3.8) is 0 Å². The van der Waals surface area contributed by atoms with Crippen LogP contribution in [0.25, 0.3) is 17.0 Å². The summed E-state index contributed by atoms with van der Waals surface area (Å²) in [5, 5.41) is 22.2. The maximum Gasteiger partial charge on any atom is 0.185 e. The van der Waals surface area contributed by atoms with Crippen LogP contribution in [0.4, 0.5) is 5.82 Å². The molecule has 0 amide bonds. The summed E-state index contributed by atoms with van der Waals surface area (Å²) in [5.41, 5.74) is 1.74. The first-order valence-electron chi connectivity index (χ1n) is 10.1. The fourth-order valence-electron chi connectivity index (χ4n) is 4.06. The molecule has 0 N–H and O–H groups in total. The normalized spacial score (nSPS) is 16.9. The van der Waals surface area contributed by atoms with Gasteiger partial charge in [-0.1, -0.05) is 44.2 Å². The van der Waals surface area contributed by atoms with Crippen LogP contribution in [0.15, 0.2) is 48.8 Å². The van der Waals surface area contributed by atoms with Crippen LogP contribution in [0.2, 0.25) is 0 Å². The molecule has 8 heteroatoms. The molecule has 0 saturated carbocycles. The van der Waals surface area contributed by atoms with E-state index in [4.69, 9.17) is 5.10 Å². The average Bonchev–Trinajstić information content (AvgIpc) is 3.46. The molecule has 3 aromatic heterocycles. The summed E-state index contributed by atoms with van der Waals surface area (Å²) < 4.78 is 4.01. The third-order valence-electron chi connectivity index (χ3n) is 5.33. The van der Waals surface area contributed by atoms with E-state index < -0.39 is 0 Å². The number of hydrogen-bond acceptors (Lipinski definition) is 6. The Balaban J connectivity index is 1.52. The number of rotatable bonds is 5. The van der Waals surface area contributed by atoms with E-state index >= 15 is 0 Å². The number of anilines is 1. The Morgan fingerprint density at radius 3 is 2.72 bits per heavy atom. The Labute approximate surface area is 169 Å². The van der Waals surface area contributed by atoms with Gasteiger partial charge in [0.25, 0.3) is 0 Å². The first-order valence-corrected chi connectivity index (χ1v) is 10.1. The van der Waals surface area contributed by atoms with Crippen LogP contribution in [0.5, 0.6) is 0 Å². The topological polar surface area (TPSA) is 77.0 Å². The third kappa shape index (κ3) is 3.24. The second-order valence-electron chi connectivity index (χ2n) is 7.94. The van der Waals surface area contributed by atoms with Crippen LogP contribution in [-0.4, -0.2) is 41.1 Å². The van der Waals surface area contributed by atoms with E-state index in [1.54, 1.807) is 0 Å². The quantitative estimate of drug-likeness (QED) is 0.522. The van der Waals surface area contributed by atoms with Gasteiger partial charge in [-0.15, -0.1) is 25.5 Å². The van der Waals surface area contributed by atoms with Gasteiger partial charge in [-0.2, -0.15) is 4.52 Å². The van der Waals surface area contributed by atoms with E-state index in [-0.39, 0.29) is 6.04 Å². The number of aromatic nitrogens is 7. The van der Waals surface area contributed by atoms with Crippen molar-refractivity contribution in [2.75, 3.05) is 11.4 Å². The van der Waals surface area contributed by atoms with Gasteiger partial charge in [0, 0.05) is 18.7 Å². The molecule has 5 rings (SSSR count). The summed E-state index contributed by atoms with van der Waals surface area (Å²) in [7, 11) is 0. The van der Waals surface area contributed by atoms with Crippen molar-refractivity contribution < 1.29 is 0 Å². The Morgan fingerprint density at radius 2 is 1.90 bits per heavy atom. The molecule has 8 nitrogen and oxygen atoms in total. The van der Waals surface area contributed by atoms with Gasteiger partial charge in [-0.25, -0.2) is 0 Å². The molecule has 1 aliphatic rings. The molecule has 1 atom stereocenters. The van der Waals surface area contributed by atoms with E-state index in [9.17, 15) is 0 Å². The number of benzene rings is 1. The van der Waals surface area contributed by atoms with Gasteiger partial charge in [-0.05, 0) is 30.9 Å². The summed E-state index contributed by atoms with van der Waals surface area (Å²) in [6, 6.07) is 14.2. The zero-order valence-corrected chi connectivity index (χ0v) is 16.7. The second kappa shape index (κ2) is 7.27. The monoisotopic (exact) mass is 388 g/mol. The smallest absolute Gasteiger partial charge is 0.185 e. The minimum absolute atomic E-state index is 0.179. The molecule has 4 aromatic rings. The molecule has 1 aromatic carbocycles. The standard InChI is InChI=1S/C21H24N8/c1-15(2)13-27-14-22-24-21(27)17-9-6-12-28(17)19-11-10-18-23-25-20(29(18)26-19)16-7-4-3-5-8-16/h3-5,7-8,10-11,14-15,17H,6,9,12-13H2,1-2H3. The van der Waals surface area contributed by atoms with E-state index in [0.29, 0.717) is 5.92 Å². The summed E-state index contributed by atoms with van der Waals surface area (Å²) in [5.74, 6) is 3.22. The molecule has 148 valence electrons. The summed E-state index contributed by atoms with van der Waals surface area (Å²) >= 11 is 0. The minimum Gasteiger partial charge on any atom is -0.345 e. The van der Waals surface area contributed by atoms with Crippen LogP contribution in [0.3, 0.4) is 0 Å². The van der Waals surface area contributed by atoms with Gasteiger partial charge in [0.1, 0.15) is 12.1 Å². The Hall–Kier alpha value is -3.29. The molecular formula is C21H24N8. The summed E-state index contributed by atoms with van der Waals surface area (Å²) in [6.07, 6.45) is 3.99. The Kier molecular flexibility index (Phi) is 4.46. The van der Waals surface area contributed by atoms with Crippen molar-refractivity contribution in [3.8, 4) is 11.4 Å². The van der Waals surface area contributed by atoms with Gasteiger partial charge >= 0.3 is 0 Å². The fourth-order valence-corrected chi connectivity index (χ4v) is 4.06. The van der Waals surface area contributed by atoms with Crippen LogP contribution in [0, 0.1) is 5.92 Å². The minimum atomic E-state index is 0.179. The lowest BCUT2D eigenvalue weighted by Gasteiger charge is -2.25. The highest BCUT2D eigenvalue weighted by atomic mass is 15.4. The number of nitrogens with zero attached hydrogens (tertiary/aromatic N) is 8. The molecule has 1 unspecified atom stereocenters. The predicted molar refractivity (Wildman–Crippen MR) is 110 cm³/mol. The number of hydrogen-bond donors (Lipinski definition) is 0. The average molecular weight is 388 g/mol. The molecule has 1 saturated heterocycles. The molecule has 1 aliphatic heterocycles. The van der Waals surface area contributed by atoms with E-state index in [1.807, 2.05) is 53.3 Å². The number of fused-ring (bicyclic) bond motifs is 1. The van der Waals surface area contributed by atoms with Crippen LogP contribution in [0.1, 0.15) is 38.6 Å². The fraction of sp³-hybridized carbons (Fsp3) is 0.381. The third-order valence-corrected chi connectivity index (χ3v) is 5.33. The zero-order valence-electron chi connectivity index (χ0n) is 16.7. The van der Waals surface area contributed by atoms with Crippen LogP contribution >= 0.6 is 0 Å². The summed E-state index contributed by atoms with van der Waals surface area (Å²) in [6.45, 7) is 6.29. The molecule has 4 heterocycles. The van der Waals surface area contributed by atoms with Crippen molar-refractivity contribution in [1.29, 1.82) is 0 Å². The van der Waals surface area contributed by atoms with Crippen molar-refractivity contribution in [2.45, 2.75) is 39.3 Å². The largest absolute Gasteiger partial charge is 0.345 e. The van der Waals surface area contributed by atoms with Crippen molar-refractivity contribution >= 4 is 11.5 Å². The first kappa shape index (κ1) is 17.8. The van der Waals surface area contributed by atoms with Crippen molar-refractivity contribution in [2.24, 2.45) is 5.92 Å². The van der Waals surface area contributed by atoms with Crippen molar-refractivity contribution in [1.82, 2.24) is 34.6 Å². The second-order valence-corrected chi connectivity index (χ2v) is 7.94. The molecule has 29 heavy (non-hydrogen) atoms. The SMILES string of the molecule is CC(C)Cn1cnnc1C1CCCN1c1ccc2nnc(-c3ccccc3)n2n1. The molecule has 0 aliphatic carbocycles. The highest BCUT2D eigenvalue weighted by molar-refractivity contribution is 5.59. The highest BCUT2D eigenvalue weighted by Gasteiger charge is 2.31. The zero-order chi connectivity index (χ0) is 19.8. The first-order chi connectivity index (χ1) is 14.2. The van der Waals surface area contributed by atoms with Gasteiger partial charge in [0.15, 0.2) is 17.3 Å². The molecule has 0 bridgehead atoms. The lowest BCUT2D eigenvalue weighted by Crippen LogP contribution is -2.27. The lowest BCUT2D eigenvalue weighted by molar-refractivity contribution is 0.487. The molecule has 1 fully saturated rings. The van der Waals surface area contributed by atoms with Crippen LogP contribution < -0.4 is 4.90 Å². The van der Waals surface area contributed by atoms with Gasteiger partial charge < -0.3 is 9.47 Å². The van der Waals surface area contributed by atoms with Gasteiger partial charge in [0.2, 0.25) is 0 Å².